The van der Waals surface area contributed by atoms with E-state index >= 15 is 0 Å². The van der Waals surface area contributed by atoms with Crippen LogP contribution in [0.2, 0.25) is 0 Å². The second-order valence-electron chi connectivity index (χ2n) is 11.3. The average Bonchev–Trinajstić information content (AvgIpc) is 3.50. The van der Waals surface area contributed by atoms with E-state index in [1.807, 2.05) is 19.1 Å². The predicted molar refractivity (Wildman–Crippen MR) is 169 cm³/mol. The van der Waals surface area contributed by atoms with Crippen molar-refractivity contribution in [3.8, 4) is 23.3 Å². The number of nitriles is 1. The van der Waals surface area contributed by atoms with Crippen molar-refractivity contribution in [3.63, 3.8) is 0 Å². The van der Waals surface area contributed by atoms with Crippen molar-refractivity contribution >= 4 is 38.6 Å². The quantitative estimate of drug-likeness (QED) is 0.296. The molecule has 3 aromatic carbocycles. The number of hydrogen-bond acceptors (Lipinski definition) is 8. The van der Waals surface area contributed by atoms with Crippen LogP contribution in [0.5, 0.6) is 11.5 Å². The largest absolute Gasteiger partial charge is 0.465 e. The van der Waals surface area contributed by atoms with Crippen molar-refractivity contribution in [2.24, 2.45) is 0 Å². The van der Waals surface area contributed by atoms with Gasteiger partial charge in [-0.15, -0.1) is 0 Å². The maximum absolute atomic E-state index is 15.0. The minimum atomic E-state index is -4.23. The first-order valence-corrected chi connectivity index (χ1v) is 16.1. The number of rotatable bonds is 7. The SMILES string of the molecule is C[C@H]1CN(C(=O)O)CCN1c1ccc(-n2cnc3ccc(Oc4c(F)ccc(NS(=O)(=O)N5CC[C@@H](F)C5)c4C#N)cc3c2=O)cc1. The molecule has 2 atom stereocenters. The van der Waals surface area contributed by atoms with Crippen LogP contribution in [0.1, 0.15) is 18.9 Å². The molecule has 0 saturated carbocycles. The third-order valence-electron chi connectivity index (χ3n) is 8.20. The van der Waals surface area contributed by atoms with Gasteiger partial charge in [0.1, 0.15) is 29.9 Å². The smallest absolute Gasteiger partial charge is 0.407 e. The number of nitrogens with zero attached hydrogens (tertiary/aromatic N) is 6. The summed E-state index contributed by atoms with van der Waals surface area (Å²) < 4.78 is 64.4. The molecule has 13 nitrogen and oxygen atoms in total. The molecule has 47 heavy (non-hydrogen) atoms. The normalized spacial score (nSPS) is 18.7. The van der Waals surface area contributed by atoms with Gasteiger partial charge < -0.3 is 19.6 Å². The number of carboxylic acid groups (broad SMARTS) is 1. The van der Waals surface area contributed by atoms with Crippen LogP contribution in [0.3, 0.4) is 0 Å². The van der Waals surface area contributed by atoms with Gasteiger partial charge in [-0.05, 0) is 67.9 Å². The standard InChI is InChI=1S/C31H29F2N7O6S/c1-19-16-37(31(42)43)12-13-39(19)21-2-4-22(5-3-21)40-18-35-27-8-6-23(14-24(27)30(40)41)46-29-25(15-34)28(9-7-26(29)33)36-47(44,45)38-11-10-20(32)17-38/h2-9,14,18-20,36H,10-13,16-17H2,1H3,(H,42,43)/t19-,20+/m0/s1. The molecule has 0 radical (unpaired) electrons. The van der Waals surface area contributed by atoms with Crippen molar-refractivity contribution in [1.29, 1.82) is 5.26 Å². The number of piperazine rings is 1. The van der Waals surface area contributed by atoms with Crippen LogP contribution in [-0.4, -0.2) is 83.3 Å². The third kappa shape index (κ3) is 6.27. The molecule has 6 rings (SSSR count). The highest BCUT2D eigenvalue weighted by atomic mass is 32.2. The first kappa shape index (κ1) is 31.7. The van der Waals surface area contributed by atoms with E-state index in [2.05, 4.69) is 14.6 Å². The lowest BCUT2D eigenvalue weighted by Gasteiger charge is -2.40. The molecular formula is C31H29F2N7O6S. The zero-order chi connectivity index (χ0) is 33.5. The van der Waals surface area contributed by atoms with Gasteiger partial charge in [-0.3, -0.25) is 14.1 Å². The summed E-state index contributed by atoms with van der Waals surface area (Å²) >= 11 is 0. The minimum Gasteiger partial charge on any atom is -0.465 e. The fraction of sp³-hybridized carbons (Fsp3) is 0.290. The highest BCUT2D eigenvalue weighted by Crippen LogP contribution is 2.35. The number of aromatic nitrogens is 2. The van der Waals surface area contributed by atoms with Crippen molar-refractivity contribution < 1.29 is 31.8 Å². The molecule has 16 heteroatoms. The number of ether oxygens (including phenoxy) is 1. The van der Waals surface area contributed by atoms with Gasteiger partial charge in [0, 0.05) is 44.5 Å². The van der Waals surface area contributed by atoms with E-state index in [-0.39, 0.29) is 42.4 Å². The van der Waals surface area contributed by atoms with Gasteiger partial charge in [-0.2, -0.15) is 18.0 Å². The van der Waals surface area contributed by atoms with Crippen LogP contribution >= 0.6 is 0 Å². The Labute approximate surface area is 268 Å². The number of anilines is 2. The summed E-state index contributed by atoms with van der Waals surface area (Å²) in [5.74, 6) is -1.51. The summed E-state index contributed by atoms with van der Waals surface area (Å²) in [6, 6.07) is 15.2. The number of halogens is 2. The molecule has 2 saturated heterocycles. The van der Waals surface area contributed by atoms with E-state index in [1.54, 1.807) is 18.2 Å². The van der Waals surface area contributed by atoms with Gasteiger partial charge in [0.05, 0.1) is 22.3 Å². The molecule has 3 heterocycles. The molecular weight excluding hydrogens is 636 g/mol. The summed E-state index contributed by atoms with van der Waals surface area (Å²) in [5.41, 5.74) is 0.585. The molecule has 1 amide bonds. The van der Waals surface area contributed by atoms with Crippen molar-refractivity contribution in [1.82, 2.24) is 18.8 Å². The van der Waals surface area contributed by atoms with E-state index in [4.69, 9.17) is 4.74 Å². The predicted octanol–water partition coefficient (Wildman–Crippen LogP) is 4.08. The Morgan fingerprint density at radius 2 is 1.83 bits per heavy atom. The minimum absolute atomic E-state index is 0.00536. The van der Waals surface area contributed by atoms with Crippen molar-refractivity contribution in [2.45, 2.75) is 25.6 Å². The van der Waals surface area contributed by atoms with Crippen molar-refractivity contribution in [2.75, 3.05) is 42.3 Å². The second kappa shape index (κ2) is 12.5. The summed E-state index contributed by atoms with van der Waals surface area (Å²) in [4.78, 5) is 32.7. The molecule has 244 valence electrons. The maximum Gasteiger partial charge on any atom is 0.407 e. The Hall–Kier alpha value is -5.27. The van der Waals surface area contributed by atoms with Crippen LogP contribution in [-0.2, 0) is 10.2 Å². The summed E-state index contributed by atoms with van der Waals surface area (Å²) in [7, 11) is -4.23. The van der Waals surface area contributed by atoms with Gasteiger partial charge in [0.15, 0.2) is 11.6 Å². The van der Waals surface area contributed by atoms with E-state index in [9.17, 15) is 37.2 Å². The van der Waals surface area contributed by atoms with Crippen LogP contribution in [0, 0.1) is 17.1 Å². The second-order valence-corrected chi connectivity index (χ2v) is 12.9. The monoisotopic (exact) mass is 665 g/mol. The first-order chi connectivity index (χ1) is 22.4. The van der Waals surface area contributed by atoms with Crippen LogP contribution in [0.4, 0.5) is 25.0 Å². The first-order valence-electron chi connectivity index (χ1n) is 14.6. The van der Waals surface area contributed by atoms with Gasteiger partial charge in [0.25, 0.3) is 5.56 Å². The number of fused-ring (bicyclic) bond motifs is 1. The van der Waals surface area contributed by atoms with Crippen LogP contribution in [0.15, 0.2) is 65.7 Å². The highest BCUT2D eigenvalue weighted by molar-refractivity contribution is 7.90. The highest BCUT2D eigenvalue weighted by Gasteiger charge is 2.32. The number of amides is 1. The molecule has 0 unspecified atom stereocenters. The number of carbonyl (C=O) groups is 1. The average molecular weight is 666 g/mol. The Morgan fingerprint density at radius 3 is 2.49 bits per heavy atom. The summed E-state index contributed by atoms with van der Waals surface area (Å²) in [6.07, 6.45) is -0.840. The molecule has 2 aliphatic heterocycles. The van der Waals surface area contributed by atoms with E-state index in [0.29, 0.717) is 30.8 Å². The molecule has 0 aliphatic carbocycles. The molecule has 2 fully saturated rings. The number of hydrogen-bond donors (Lipinski definition) is 2. The Kier molecular flexibility index (Phi) is 8.43. The lowest BCUT2D eigenvalue weighted by molar-refractivity contribution is 0.136. The third-order valence-corrected chi connectivity index (χ3v) is 9.69. The van der Waals surface area contributed by atoms with E-state index in [1.165, 1.54) is 34.0 Å². The van der Waals surface area contributed by atoms with E-state index in [0.717, 1.165) is 22.1 Å². The molecule has 1 aromatic heterocycles. The Balaban J connectivity index is 1.26. The zero-order valence-electron chi connectivity index (χ0n) is 25.0. The molecule has 0 spiro atoms. The fourth-order valence-corrected chi connectivity index (χ4v) is 7.03. The number of nitrogens with one attached hydrogen (secondary N) is 1. The van der Waals surface area contributed by atoms with Gasteiger partial charge in [-0.1, -0.05) is 0 Å². The van der Waals surface area contributed by atoms with Crippen LogP contribution < -0.4 is 19.9 Å². The Morgan fingerprint density at radius 1 is 1.09 bits per heavy atom. The number of benzene rings is 3. The van der Waals surface area contributed by atoms with Crippen molar-refractivity contribution in [3.05, 3.63) is 82.7 Å². The molecule has 0 bridgehead atoms. The fourth-order valence-electron chi connectivity index (χ4n) is 5.75. The number of alkyl halides is 1. The molecule has 2 N–H and O–H groups in total. The summed E-state index contributed by atoms with van der Waals surface area (Å²) in [6.45, 7) is 2.83. The zero-order valence-corrected chi connectivity index (χ0v) is 25.8. The van der Waals surface area contributed by atoms with Gasteiger partial charge in [0.2, 0.25) is 0 Å². The van der Waals surface area contributed by atoms with Crippen LogP contribution in [0.25, 0.3) is 16.6 Å². The van der Waals surface area contributed by atoms with Gasteiger partial charge in [-0.25, -0.2) is 18.6 Å². The van der Waals surface area contributed by atoms with E-state index < -0.39 is 45.2 Å². The lowest BCUT2D eigenvalue weighted by Crippen LogP contribution is -2.53. The molecule has 4 aromatic rings. The Bertz CT molecular complexity index is 2070. The maximum atomic E-state index is 15.0. The topological polar surface area (TPSA) is 161 Å². The molecule has 2 aliphatic rings. The van der Waals surface area contributed by atoms with Gasteiger partial charge >= 0.3 is 16.3 Å². The lowest BCUT2D eigenvalue weighted by atomic mass is 10.1. The summed E-state index contributed by atoms with van der Waals surface area (Å²) in [5, 5.41) is 19.3.